The first-order valence-corrected chi connectivity index (χ1v) is 9.45. The molecule has 0 saturated heterocycles. The average molecular weight is 470 g/mol. The van der Waals surface area contributed by atoms with Crippen LogP contribution >= 0.6 is 35.3 Å². The van der Waals surface area contributed by atoms with E-state index in [1.807, 2.05) is 6.92 Å². The number of thiazole rings is 1. The molecule has 0 spiro atoms. The van der Waals surface area contributed by atoms with Crippen LogP contribution < -0.4 is 10.6 Å². The third-order valence-corrected chi connectivity index (χ3v) is 5.62. The van der Waals surface area contributed by atoms with E-state index in [2.05, 4.69) is 59.8 Å². The molecule has 0 amide bonds. The number of hydrogen-bond acceptors (Lipinski definition) is 3. The van der Waals surface area contributed by atoms with Crippen LogP contribution in [0.3, 0.4) is 0 Å². The predicted octanol–water partition coefficient (Wildman–Crippen LogP) is 4.16. The fraction of sp³-hybridized carbons (Fsp3) is 0.474. The van der Waals surface area contributed by atoms with E-state index in [0.717, 1.165) is 29.8 Å². The molecule has 1 heterocycles. The molecular formula is C19H27IN4S. The van der Waals surface area contributed by atoms with Crippen molar-refractivity contribution >= 4 is 41.3 Å². The van der Waals surface area contributed by atoms with E-state index >= 15 is 0 Å². The van der Waals surface area contributed by atoms with Crippen LogP contribution in [0.1, 0.15) is 40.9 Å². The van der Waals surface area contributed by atoms with Gasteiger partial charge >= 0.3 is 0 Å². The van der Waals surface area contributed by atoms with Gasteiger partial charge in [0.2, 0.25) is 0 Å². The molecule has 1 aliphatic carbocycles. The van der Waals surface area contributed by atoms with Crippen molar-refractivity contribution in [3.63, 3.8) is 0 Å². The van der Waals surface area contributed by atoms with Gasteiger partial charge in [0.15, 0.2) is 5.96 Å². The molecule has 4 nitrogen and oxygen atoms in total. The van der Waals surface area contributed by atoms with E-state index in [4.69, 9.17) is 4.99 Å². The zero-order valence-electron chi connectivity index (χ0n) is 15.1. The van der Waals surface area contributed by atoms with Crippen LogP contribution in [0.5, 0.6) is 0 Å². The molecule has 0 unspecified atom stereocenters. The monoisotopic (exact) mass is 470 g/mol. The Bertz CT molecular complexity index is 707. The summed E-state index contributed by atoms with van der Waals surface area (Å²) in [5, 5.41) is 8.00. The smallest absolute Gasteiger partial charge is 0.191 e. The lowest BCUT2D eigenvalue weighted by atomic mass is 9.96. The lowest BCUT2D eigenvalue weighted by Gasteiger charge is -2.19. The van der Waals surface area contributed by atoms with Crippen molar-refractivity contribution in [3.8, 4) is 0 Å². The van der Waals surface area contributed by atoms with E-state index < -0.39 is 0 Å². The van der Waals surface area contributed by atoms with Gasteiger partial charge in [-0.2, -0.15) is 0 Å². The Hall–Kier alpha value is -1.15. The molecule has 0 atom stereocenters. The maximum atomic E-state index is 4.75. The first-order valence-electron chi connectivity index (χ1n) is 8.63. The highest BCUT2D eigenvalue weighted by molar-refractivity contribution is 14.0. The van der Waals surface area contributed by atoms with Crippen molar-refractivity contribution in [1.82, 2.24) is 15.6 Å². The molecule has 2 N–H and O–H groups in total. The van der Waals surface area contributed by atoms with Crippen LogP contribution in [-0.4, -0.2) is 24.0 Å². The number of halogens is 1. The van der Waals surface area contributed by atoms with Crippen molar-refractivity contribution in [2.75, 3.05) is 13.1 Å². The molecular weight excluding hydrogens is 443 g/mol. The fourth-order valence-electron chi connectivity index (χ4n) is 2.98. The zero-order valence-corrected chi connectivity index (χ0v) is 18.3. The second-order valence-corrected chi connectivity index (χ2v) is 7.72. The minimum absolute atomic E-state index is 0. The van der Waals surface area contributed by atoms with Gasteiger partial charge in [0.1, 0.15) is 0 Å². The summed E-state index contributed by atoms with van der Waals surface area (Å²) in [7, 11) is 0. The Balaban J connectivity index is 0.00000225. The van der Waals surface area contributed by atoms with Crippen LogP contribution in [0.2, 0.25) is 0 Å². The highest BCUT2D eigenvalue weighted by Crippen LogP contribution is 2.47. The Kier molecular flexibility index (Phi) is 7.25. The minimum Gasteiger partial charge on any atom is -0.357 e. The summed E-state index contributed by atoms with van der Waals surface area (Å²) in [6.45, 7) is 8.69. The number of aliphatic imine (C=N–C) groups is 1. The molecule has 6 heteroatoms. The fourth-order valence-corrected chi connectivity index (χ4v) is 3.84. The summed E-state index contributed by atoms with van der Waals surface area (Å²) in [6.07, 6.45) is 2.49. The number of nitrogens with one attached hydrogen (secondary N) is 2. The van der Waals surface area contributed by atoms with E-state index in [9.17, 15) is 0 Å². The lowest BCUT2D eigenvalue weighted by molar-refractivity contribution is 0.646. The van der Waals surface area contributed by atoms with E-state index in [-0.39, 0.29) is 29.4 Å². The van der Waals surface area contributed by atoms with Crippen molar-refractivity contribution in [3.05, 3.63) is 51.5 Å². The SMILES string of the molecule is CCNC(=NCc1sc(C)nc1C)NCC1(c2ccccc2)CC1.I. The van der Waals surface area contributed by atoms with Gasteiger partial charge in [0, 0.05) is 23.4 Å². The molecule has 1 saturated carbocycles. The molecule has 3 rings (SSSR count). The normalized spacial score (nSPS) is 15.4. The van der Waals surface area contributed by atoms with E-state index in [0.29, 0.717) is 6.54 Å². The topological polar surface area (TPSA) is 49.3 Å². The first-order chi connectivity index (χ1) is 11.6. The highest BCUT2D eigenvalue weighted by Gasteiger charge is 2.43. The molecule has 25 heavy (non-hydrogen) atoms. The number of nitrogens with zero attached hydrogens (tertiary/aromatic N) is 2. The average Bonchev–Trinajstić information content (AvgIpc) is 3.31. The zero-order chi connectivity index (χ0) is 17.0. The number of guanidine groups is 1. The minimum atomic E-state index is 0. The van der Waals surface area contributed by atoms with Gasteiger partial charge in [-0.1, -0.05) is 30.3 Å². The van der Waals surface area contributed by atoms with Gasteiger partial charge in [-0.05, 0) is 39.2 Å². The van der Waals surface area contributed by atoms with Crippen LogP contribution in [0, 0.1) is 13.8 Å². The number of benzene rings is 1. The second kappa shape index (κ2) is 8.98. The summed E-state index contributed by atoms with van der Waals surface area (Å²) in [6, 6.07) is 10.8. The van der Waals surface area contributed by atoms with Crippen LogP contribution in [0.25, 0.3) is 0 Å². The Morgan fingerprint density at radius 3 is 2.48 bits per heavy atom. The molecule has 0 aliphatic heterocycles. The van der Waals surface area contributed by atoms with E-state index in [1.54, 1.807) is 11.3 Å². The van der Waals surface area contributed by atoms with E-state index in [1.165, 1.54) is 23.3 Å². The Morgan fingerprint density at radius 1 is 1.20 bits per heavy atom. The number of hydrogen-bond donors (Lipinski definition) is 2. The molecule has 1 fully saturated rings. The third-order valence-electron chi connectivity index (χ3n) is 4.56. The molecule has 2 aromatic rings. The summed E-state index contributed by atoms with van der Waals surface area (Å²) in [5.74, 6) is 0.894. The number of aryl methyl sites for hydroxylation is 2. The molecule has 0 radical (unpaired) electrons. The second-order valence-electron chi connectivity index (χ2n) is 6.44. The maximum Gasteiger partial charge on any atom is 0.191 e. The quantitative estimate of drug-likeness (QED) is 0.379. The third kappa shape index (κ3) is 5.17. The van der Waals surface area contributed by atoms with Gasteiger partial charge < -0.3 is 10.6 Å². The maximum absolute atomic E-state index is 4.75. The molecule has 1 aliphatic rings. The number of aromatic nitrogens is 1. The summed E-state index contributed by atoms with van der Waals surface area (Å²) < 4.78 is 0. The summed E-state index contributed by atoms with van der Waals surface area (Å²) >= 11 is 1.73. The standard InChI is InChI=1S/C19H26N4S.HI/c1-4-20-18(21-12-17-14(2)23-15(3)24-17)22-13-19(10-11-19)16-8-6-5-7-9-16;/h5-9H,4,10-13H2,1-3H3,(H2,20,21,22);1H. The molecule has 0 bridgehead atoms. The van der Waals surface area contributed by atoms with Gasteiger partial charge in [-0.3, -0.25) is 0 Å². The predicted molar refractivity (Wildman–Crippen MR) is 117 cm³/mol. The van der Waals surface area contributed by atoms with Crippen LogP contribution in [0.15, 0.2) is 35.3 Å². The largest absolute Gasteiger partial charge is 0.357 e. The Labute approximate surface area is 171 Å². The van der Waals surface area contributed by atoms with Crippen LogP contribution in [0.4, 0.5) is 0 Å². The molecule has 1 aromatic heterocycles. The highest BCUT2D eigenvalue weighted by atomic mass is 127. The van der Waals surface area contributed by atoms with Crippen molar-refractivity contribution in [2.24, 2.45) is 4.99 Å². The van der Waals surface area contributed by atoms with Crippen LogP contribution in [-0.2, 0) is 12.0 Å². The van der Waals surface area contributed by atoms with Gasteiger partial charge in [-0.25, -0.2) is 9.98 Å². The Morgan fingerprint density at radius 2 is 1.92 bits per heavy atom. The first kappa shape index (κ1) is 20.2. The van der Waals surface area contributed by atoms with Gasteiger partial charge in [0.05, 0.1) is 17.2 Å². The van der Waals surface area contributed by atoms with Gasteiger partial charge in [-0.15, -0.1) is 35.3 Å². The number of rotatable bonds is 6. The van der Waals surface area contributed by atoms with Crippen molar-refractivity contribution < 1.29 is 0 Å². The molecule has 136 valence electrons. The summed E-state index contributed by atoms with van der Waals surface area (Å²) in [4.78, 5) is 10.5. The van der Waals surface area contributed by atoms with Gasteiger partial charge in [0.25, 0.3) is 0 Å². The molecule has 1 aromatic carbocycles. The summed E-state index contributed by atoms with van der Waals surface area (Å²) in [5.41, 5.74) is 2.82. The van der Waals surface area contributed by atoms with Crippen molar-refractivity contribution in [1.29, 1.82) is 0 Å². The lowest BCUT2D eigenvalue weighted by Crippen LogP contribution is -2.41. The van der Waals surface area contributed by atoms with Crippen molar-refractivity contribution in [2.45, 2.75) is 45.6 Å².